The number of aromatic nitrogens is 3. The zero-order chi connectivity index (χ0) is 20.0. The maximum atomic E-state index is 13.0. The largest absolute Gasteiger partial charge is 0.452 e. The molecule has 0 saturated carbocycles. The number of aromatic amines is 1. The van der Waals surface area contributed by atoms with Gasteiger partial charge in [0.15, 0.2) is 11.4 Å². The summed E-state index contributed by atoms with van der Waals surface area (Å²) in [5.74, 6) is 0.890. The Morgan fingerprint density at radius 1 is 1.38 bits per heavy atom. The molecular formula is C22H23N5O2. The number of carbonyl (C=O) groups is 1. The van der Waals surface area contributed by atoms with Gasteiger partial charge in [0.1, 0.15) is 5.75 Å². The zero-order valence-corrected chi connectivity index (χ0v) is 16.5. The summed E-state index contributed by atoms with van der Waals surface area (Å²) in [4.78, 5) is 19.6. The Labute approximate surface area is 168 Å². The van der Waals surface area contributed by atoms with Gasteiger partial charge in [0.2, 0.25) is 5.78 Å². The van der Waals surface area contributed by atoms with Crippen molar-refractivity contribution in [3.63, 3.8) is 0 Å². The number of pyridine rings is 1. The first kappa shape index (κ1) is 18.0. The number of nitrogens with one attached hydrogen (secondary N) is 2. The molecule has 2 aliphatic rings. The van der Waals surface area contributed by atoms with Gasteiger partial charge in [-0.2, -0.15) is 5.10 Å². The minimum absolute atomic E-state index is 0.101. The second-order valence-electron chi connectivity index (χ2n) is 7.70. The molecule has 0 radical (unpaired) electrons. The van der Waals surface area contributed by atoms with Gasteiger partial charge in [-0.25, -0.2) is 4.98 Å². The normalized spacial score (nSPS) is 20.6. The summed E-state index contributed by atoms with van der Waals surface area (Å²) in [5.41, 5.74) is 4.19. The smallest absolute Gasteiger partial charge is 0.232 e. The van der Waals surface area contributed by atoms with E-state index in [2.05, 4.69) is 32.3 Å². The van der Waals surface area contributed by atoms with E-state index in [0.29, 0.717) is 34.5 Å². The molecular weight excluding hydrogens is 366 g/mol. The van der Waals surface area contributed by atoms with E-state index >= 15 is 0 Å². The Hall–Kier alpha value is -3.03. The van der Waals surface area contributed by atoms with E-state index in [1.54, 1.807) is 12.3 Å². The van der Waals surface area contributed by atoms with Gasteiger partial charge in [-0.15, -0.1) is 0 Å². The van der Waals surface area contributed by atoms with Crippen LogP contribution in [0.4, 0.5) is 0 Å². The van der Waals surface area contributed by atoms with Crippen LogP contribution in [0.15, 0.2) is 36.2 Å². The highest BCUT2D eigenvalue weighted by Crippen LogP contribution is 2.38. The zero-order valence-electron chi connectivity index (χ0n) is 16.5. The van der Waals surface area contributed by atoms with Crippen molar-refractivity contribution in [1.29, 1.82) is 0 Å². The van der Waals surface area contributed by atoms with E-state index in [9.17, 15) is 4.79 Å². The van der Waals surface area contributed by atoms with Crippen LogP contribution < -0.4 is 10.1 Å². The highest BCUT2D eigenvalue weighted by Gasteiger charge is 2.32. The van der Waals surface area contributed by atoms with Gasteiger partial charge in [-0.05, 0) is 44.2 Å². The maximum absolute atomic E-state index is 13.0. The van der Waals surface area contributed by atoms with E-state index in [1.165, 1.54) is 0 Å². The quantitative estimate of drug-likeness (QED) is 0.668. The first-order valence-electron chi connectivity index (χ1n) is 9.89. The Morgan fingerprint density at radius 2 is 2.28 bits per heavy atom. The molecule has 2 N–H and O–H groups in total. The fraction of sp³-hybridized carbons (Fsp3) is 0.318. The van der Waals surface area contributed by atoms with E-state index < -0.39 is 0 Å². The molecule has 2 aromatic heterocycles. The third-order valence-electron chi connectivity index (χ3n) is 5.87. The molecule has 1 fully saturated rings. The minimum Gasteiger partial charge on any atom is -0.452 e. The number of benzene rings is 1. The molecule has 0 aliphatic carbocycles. The van der Waals surface area contributed by atoms with E-state index in [0.717, 1.165) is 42.6 Å². The lowest BCUT2D eigenvalue weighted by Crippen LogP contribution is -2.29. The van der Waals surface area contributed by atoms with Crippen LogP contribution in [0.2, 0.25) is 0 Å². The monoisotopic (exact) mass is 389 g/mol. The van der Waals surface area contributed by atoms with E-state index in [1.807, 2.05) is 31.3 Å². The summed E-state index contributed by atoms with van der Waals surface area (Å²) < 4.78 is 6.11. The van der Waals surface area contributed by atoms with Crippen molar-refractivity contribution < 1.29 is 9.53 Å². The fourth-order valence-electron chi connectivity index (χ4n) is 4.15. The number of H-pyrrole nitrogens is 1. The van der Waals surface area contributed by atoms with Crippen LogP contribution in [0.25, 0.3) is 17.1 Å². The van der Waals surface area contributed by atoms with E-state index in [4.69, 9.17) is 4.74 Å². The molecule has 7 nitrogen and oxygen atoms in total. The standard InChI is InChI=1S/C22H23N5O2/c1-13-5-6-16-20(28)19(10-18-15-4-3-8-24-22(15)26-25-18)29-21(16)17(13)12-27-9-7-14(11-27)23-2/h3-6,8,10,14,23H,7,9,11-12H2,1-2H3,(H,24,25,26)/b19-10-/t14-/m0/s1. The average Bonchev–Trinajstić information content (AvgIpc) is 3.43. The third-order valence-corrected chi connectivity index (χ3v) is 5.87. The average molecular weight is 389 g/mol. The summed E-state index contributed by atoms with van der Waals surface area (Å²) in [6.45, 7) is 4.90. The van der Waals surface area contributed by atoms with Crippen LogP contribution in [0, 0.1) is 6.92 Å². The molecule has 7 heteroatoms. The predicted molar refractivity (Wildman–Crippen MR) is 111 cm³/mol. The second kappa shape index (κ2) is 7.09. The number of ether oxygens (including phenoxy) is 1. The van der Waals surface area contributed by atoms with Crippen LogP contribution in [-0.4, -0.2) is 52.0 Å². The summed E-state index contributed by atoms with van der Waals surface area (Å²) in [7, 11) is 2.01. The number of Topliss-reactive ketones (excluding diaryl/α,β-unsaturated/α-hetero) is 1. The molecule has 5 rings (SSSR count). The highest BCUT2D eigenvalue weighted by molar-refractivity contribution is 6.15. The van der Waals surface area contributed by atoms with Crippen LogP contribution in [0.1, 0.15) is 33.6 Å². The predicted octanol–water partition coefficient (Wildman–Crippen LogP) is 2.68. The minimum atomic E-state index is -0.101. The van der Waals surface area contributed by atoms with Gasteiger partial charge in [0.25, 0.3) is 0 Å². The molecule has 148 valence electrons. The number of aryl methyl sites for hydroxylation is 1. The van der Waals surface area contributed by atoms with Crippen LogP contribution >= 0.6 is 0 Å². The molecule has 2 aliphatic heterocycles. The van der Waals surface area contributed by atoms with Gasteiger partial charge in [-0.1, -0.05) is 6.07 Å². The summed E-state index contributed by atoms with van der Waals surface area (Å²) in [6.07, 6.45) is 4.54. The van der Waals surface area contributed by atoms with Crippen molar-refractivity contribution in [3.05, 3.63) is 58.6 Å². The maximum Gasteiger partial charge on any atom is 0.232 e. The molecule has 0 bridgehead atoms. The van der Waals surface area contributed by atoms with Crippen molar-refractivity contribution in [1.82, 2.24) is 25.4 Å². The number of carbonyl (C=O) groups excluding carboxylic acids is 1. The molecule has 29 heavy (non-hydrogen) atoms. The van der Waals surface area contributed by atoms with Crippen LogP contribution in [-0.2, 0) is 6.54 Å². The number of rotatable bonds is 4. The summed E-state index contributed by atoms with van der Waals surface area (Å²) in [5, 5.41) is 11.4. The Balaban J connectivity index is 1.47. The lowest BCUT2D eigenvalue weighted by Gasteiger charge is -2.19. The fourth-order valence-corrected chi connectivity index (χ4v) is 4.15. The molecule has 1 aromatic carbocycles. The third kappa shape index (κ3) is 3.12. The van der Waals surface area contributed by atoms with Crippen molar-refractivity contribution >= 4 is 22.9 Å². The Morgan fingerprint density at radius 3 is 3.10 bits per heavy atom. The molecule has 4 heterocycles. The number of fused-ring (bicyclic) bond motifs is 2. The number of hydrogen-bond acceptors (Lipinski definition) is 6. The van der Waals surface area contributed by atoms with Gasteiger partial charge < -0.3 is 10.1 Å². The van der Waals surface area contributed by atoms with Crippen molar-refractivity contribution in [2.75, 3.05) is 20.1 Å². The second-order valence-corrected chi connectivity index (χ2v) is 7.70. The van der Waals surface area contributed by atoms with Crippen molar-refractivity contribution in [2.45, 2.75) is 25.9 Å². The number of likely N-dealkylation sites (tertiary alicyclic amines) is 1. The molecule has 0 unspecified atom stereocenters. The van der Waals surface area contributed by atoms with Gasteiger partial charge in [0, 0.05) is 48.9 Å². The molecule has 3 aromatic rings. The molecule has 0 spiro atoms. The Bertz CT molecular complexity index is 1130. The lowest BCUT2D eigenvalue weighted by atomic mass is 10.0. The number of allylic oxidation sites excluding steroid dienone is 1. The first-order valence-corrected chi connectivity index (χ1v) is 9.89. The highest BCUT2D eigenvalue weighted by atomic mass is 16.5. The first-order chi connectivity index (χ1) is 14.1. The topological polar surface area (TPSA) is 83.1 Å². The number of hydrogen-bond donors (Lipinski definition) is 2. The molecule has 1 saturated heterocycles. The molecule has 0 amide bonds. The van der Waals surface area contributed by atoms with Crippen LogP contribution in [0.3, 0.4) is 0 Å². The lowest BCUT2D eigenvalue weighted by molar-refractivity contribution is 0.101. The summed E-state index contributed by atoms with van der Waals surface area (Å²) in [6, 6.07) is 8.17. The van der Waals surface area contributed by atoms with Gasteiger partial charge in [0.05, 0.1) is 11.3 Å². The number of ketones is 1. The SMILES string of the molecule is CN[C@H]1CCN(Cc2c(C)ccc3c2O/C(=C\c2n[nH]c4ncccc24)C3=O)C1. The molecule has 1 atom stereocenters. The van der Waals surface area contributed by atoms with Crippen LogP contribution in [0.5, 0.6) is 5.75 Å². The Kier molecular flexibility index (Phi) is 4.41. The number of likely N-dealkylation sites (N-methyl/N-ethyl adjacent to an activating group) is 1. The van der Waals surface area contributed by atoms with Crippen molar-refractivity contribution in [2.24, 2.45) is 0 Å². The van der Waals surface area contributed by atoms with Crippen molar-refractivity contribution in [3.8, 4) is 5.75 Å². The van der Waals surface area contributed by atoms with Gasteiger partial charge >= 0.3 is 0 Å². The van der Waals surface area contributed by atoms with E-state index in [-0.39, 0.29) is 5.78 Å². The number of nitrogens with zero attached hydrogens (tertiary/aromatic N) is 3. The van der Waals surface area contributed by atoms with Gasteiger partial charge in [-0.3, -0.25) is 14.8 Å². The summed E-state index contributed by atoms with van der Waals surface area (Å²) >= 11 is 0.